The van der Waals surface area contributed by atoms with Crippen molar-refractivity contribution in [2.75, 3.05) is 5.32 Å². The van der Waals surface area contributed by atoms with Crippen molar-refractivity contribution in [3.8, 4) is 11.1 Å². The first-order valence-corrected chi connectivity index (χ1v) is 8.22. The maximum absolute atomic E-state index is 13.4. The molecule has 1 aromatic heterocycles. The lowest BCUT2D eigenvalue weighted by molar-refractivity contribution is 0.103. The number of thiophene rings is 1. The van der Waals surface area contributed by atoms with E-state index >= 15 is 0 Å². The highest BCUT2D eigenvalue weighted by Crippen LogP contribution is 2.31. The van der Waals surface area contributed by atoms with Crippen LogP contribution < -0.4 is 5.32 Å². The van der Waals surface area contributed by atoms with E-state index in [2.05, 4.69) is 5.32 Å². The van der Waals surface area contributed by atoms with Gasteiger partial charge in [-0.15, -0.1) is 11.3 Å². The van der Waals surface area contributed by atoms with Crippen molar-refractivity contribution in [1.29, 1.82) is 0 Å². The molecule has 0 radical (unpaired) electrons. The van der Waals surface area contributed by atoms with E-state index in [4.69, 9.17) is 11.6 Å². The Morgan fingerprint density at radius 2 is 1.96 bits per heavy atom. The molecule has 0 fully saturated rings. The molecule has 0 aliphatic rings. The molecule has 2 aromatic carbocycles. The highest BCUT2D eigenvalue weighted by molar-refractivity contribution is 7.12. The summed E-state index contributed by atoms with van der Waals surface area (Å²) in [5.74, 6) is -0.621. The van der Waals surface area contributed by atoms with E-state index in [1.807, 2.05) is 42.6 Å². The van der Waals surface area contributed by atoms with Gasteiger partial charge in [-0.2, -0.15) is 0 Å². The lowest BCUT2D eigenvalue weighted by atomic mass is 10.0. The van der Waals surface area contributed by atoms with Gasteiger partial charge in [0.25, 0.3) is 5.91 Å². The second kappa shape index (κ2) is 6.52. The fraction of sp³-hybridized carbons (Fsp3) is 0.0556. The van der Waals surface area contributed by atoms with Crippen molar-refractivity contribution in [3.05, 3.63) is 75.2 Å². The fourth-order valence-corrected chi connectivity index (χ4v) is 3.29. The Morgan fingerprint density at radius 1 is 1.17 bits per heavy atom. The molecule has 5 heteroatoms. The standard InChI is InChI=1S/C18H13ClFNOS/c1-11-8-9-23-17(11)18(22)21-16-5-3-2-4-13(16)12-6-7-15(20)14(19)10-12/h2-10H,1H3,(H,21,22). The number of nitrogens with one attached hydrogen (secondary N) is 1. The van der Waals surface area contributed by atoms with Gasteiger partial charge in [0.15, 0.2) is 0 Å². The Morgan fingerprint density at radius 3 is 2.65 bits per heavy atom. The van der Waals surface area contributed by atoms with Gasteiger partial charge in [0, 0.05) is 11.3 Å². The molecule has 2 nitrogen and oxygen atoms in total. The predicted molar refractivity (Wildman–Crippen MR) is 93.9 cm³/mol. The van der Waals surface area contributed by atoms with Crippen LogP contribution in [0.1, 0.15) is 15.2 Å². The van der Waals surface area contributed by atoms with Crippen molar-refractivity contribution in [3.63, 3.8) is 0 Å². The van der Waals surface area contributed by atoms with E-state index in [9.17, 15) is 9.18 Å². The molecule has 1 amide bonds. The third-order valence-corrected chi connectivity index (χ3v) is 4.78. The molecule has 0 unspecified atom stereocenters. The van der Waals surface area contributed by atoms with E-state index in [0.29, 0.717) is 10.6 Å². The van der Waals surface area contributed by atoms with Crippen LogP contribution >= 0.6 is 22.9 Å². The number of rotatable bonds is 3. The van der Waals surface area contributed by atoms with Gasteiger partial charge in [0.2, 0.25) is 0 Å². The van der Waals surface area contributed by atoms with Gasteiger partial charge < -0.3 is 5.32 Å². The van der Waals surface area contributed by atoms with Crippen molar-refractivity contribution in [2.45, 2.75) is 6.92 Å². The van der Waals surface area contributed by atoms with Crippen molar-refractivity contribution >= 4 is 34.5 Å². The molecular formula is C18H13ClFNOS. The number of hydrogen-bond donors (Lipinski definition) is 1. The summed E-state index contributed by atoms with van der Waals surface area (Å²) in [6, 6.07) is 13.8. The minimum Gasteiger partial charge on any atom is -0.321 e. The Labute approximate surface area is 142 Å². The van der Waals surface area contributed by atoms with Crippen LogP contribution in [0, 0.1) is 12.7 Å². The molecule has 0 bridgehead atoms. The molecule has 3 rings (SSSR count). The van der Waals surface area contributed by atoms with Crippen molar-refractivity contribution in [1.82, 2.24) is 0 Å². The molecule has 0 saturated heterocycles. The lowest BCUT2D eigenvalue weighted by Crippen LogP contribution is -2.12. The Kier molecular flexibility index (Phi) is 4.46. The van der Waals surface area contributed by atoms with Gasteiger partial charge in [0.05, 0.1) is 9.90 Å². The van der Waals surface area contributed by atoms with Crippen molar-refractivity contribution < 1.29 is 9.18 Å². The van der Waals surface area contributed by atoms with Gasteiger partial charge in [-0.3, -0.25) is 4.79 Å². The normalized spacial score (nSPS) is 10.6. The number of anilines is 1. The first kappa shape index (κ1) is 15.7. The average Bonchev–Trinajstić information content (AvgIpc) is 2.97. The molecule has 0 saturated carbocycles. The van der Waals surface area contributed by atoms with Crippen LogP contribution in [0.2, 0.25) is 5.02 Å². The number of para-hydroxylation sites is 1. The minimum atomic E-state index is -0.467. The van der Waals surface area contributed by atoms with Crippen LogP contribution in [-0.2, 0) is 0 Å². The minimum absolute atomic E-state index is 0.0535. The lowest BCUT2D eigenvalue weighted by Gasteiger charge is -2.11. The van der Waals surface area contributed by atoms with Crippen LogP contribution in [0.4, 0.5) is 10.1 Å². The number of amides is 1. The maximum Gasteiger partial charge on any atom is 0.266 e. The maximum atomic E-state index is 13.4. The highest BCUT2D eigenvalue weighted by Gasteiger charge is 2.14. The quantitative estimate of drug-likeness (QED) is 0.641. The zero-order chi connectivity index (χ0) is 16.4. The average molecular weight is 346 g/mol. The molecule has 0 spiro atoms. The number of carbonyl (C=O) groups is 1. The van der Waals surface area contributed by atoms with Crippen LogP contribution in [0.15, 0.2) is 53.9 Å². The van der Waals surface area contributed by atoms with E-state index in [0.717, 1.165) is 16.7 Å². The van der Waals surface area contributed by atoms with Gasteiger partial charge in [-0.1, -0.05) is 35.9 Å². The van der Waals surface area contributed by atoms with Crippen LogP contribution in [0.5, 0.6) is 0 Å². The number of benzene rings is 2. The molecule has 0 aliphatic heterocycles. The second-order valence-electron chi connectivity index (χ2n) is 5.06. The first-order chi connectivity index (χ1) is 11.1. The van der Waals surface area contributed by atoms with E-state index in [1.165, 1.54) is 17.4 Å². The first-order valence-electron chi connectivity index (χ1n) is 6.96. The molecule has 1 heterocycles. The van der Waals surface area contributed by atoms with Crippen LogP contribution in [-0.4, -0.2) is 5.91 Å². The Hall–Kier alpha value is -2.17. The Bertz CT molecular complexity index is 875. The van der Waals surface area contributed by atoms with Gasteiger partial charge in [-0.25, -0.2) is 4.39 Å². The van der Waals surface area contributed by atoms with Crippen molar-refractivity contribution in [2.24, 2.45) is 0 Å². The van der Waals surface area contributed by atoms with E-state index in [-0.39, 0.29) is 10.9 Å². The molecule has 1 N–H and O–H groups in total. The zero-order valence-electron chi connectivity index (χ0n) is 12.3. The summed E-state index contributed by atoms with van der Waals surface area (Å²) < 4.78 is 13.4. The van der Waals surface area contributed by atoms with Crippen LogP contribution in [0.25, 0.3) is 11.1 Å². The third-order valence-electron chi connectivity index (χ3n) is 3.47. The highest BCUT2D eigenvalue weighted by atomic mass is 35.5. The molecular weight excluding hydrogens is 333 g/mol. The topological polar surface area (TPSA) is 29.1 Å². The summed E-state index contributed by atoms with van der Waals surface area (Å²) in [5.41, 5.74) is 3.13. The Balaban J connectivity index is 1.96. The summed E-state index contributed by atoms with van der Waals surface area (Å²) in [6.45, 7) is 1.90. The van der Waals surface area contributed by atoms with E-state index in [1.54, 1.807) is 12.1 Å². The number of halogens is 2. The molecule has 0 aliphatic carbocycles. The largest absolute Gasteiger partial charge is 0.321 e. The predicted octanol–water partition coefficient (Wildman–Crippen LogP) is 5.77. The third kappa shape index (κ3) is 3.28. The number of carbonyl (C=O) groups excluding carboxylic acids is 1. The monoisotopic (exact) mass is 345 g/mol. The van der Waals surface area contributed by atoms with E-state index < -0.39 is 5.82 Å². The molecule has 3 aromatic rings. The number of aryl methyl sites for hydroxylation is 1. The smallest absolute Gasteiger partial charge is 0.266 e. The summed E-state index contributed by atoms with van der Waals surface area (Å²) in [5, 5.41) is 4.86. The summed E-state index contributed by atoms with van der Waals surface area (Å²) in [6.07, 6.45) is 0. The van der Waals surface area contributed by atoms with Gasteiger partial charge >= 0.3 is 0 Å². The summed E-state index contributed by atoms with van der Waals surface area (Å²) in [7, 11) is 0. The molecule has 0 atom stereocenters. The SMILES string of the molecule is Cc1ccsc1C(=O)Nc1ccccc1-c1ccc(F)c(Cl)c1. The summed E-state index contributed by atoms with van der Waals surface area (Å²) in [4.78, 5) is 13.1. The van der Waals surface area contributed by atoms with Gasteiger partial charge in [0.1, 0.15) is 5.82 Å². The molecule has 116 valence electrons. The molecule has 23 heavy (non-hydrogen) atoms. The van der Waals surface area contributed by atoms with Gasteiger partial charge in [-0.05, 0) is 47.7 Å². The summed E-state index contributed by atoms with van der Waals surface area (Å²) >= 11 is 7.26. The van der Waals surface area contributed by atoms with Crippen LogP contribution in [0.3, 0.4) is 0 Å². The number of hydrogen-bond acceptors (Lipinski definition) is 2. The zero-order valence-corrected chi connectivity index (χ0v) is 13.8. The fourth-order valence-electron chi connectivity index (χ4n) is 2.29. The second-order valence-corrected chi connectivity index (χ2v) is 6.38.